The summed E-state index contributed by atoms with van der Waals surface area (Å²) >= 11 is 1.51. The first kappa shape index (κ1) is 10.8. The first-order valence-corrected chi connectivity index (χ1v) is 6.15. The highest BCUT2D eigenvalue weighted by atomic mass is 32.1. The maximum atomic E-state index is 10.4. The molecule has 0 saturated carbocycles. The number of nitrogen functional groups attached to an aromatic ring is 1. The molecule has 1 aromatic carbocycles. The van der Waals surface area contributed by atoms with Crippen LogP contribution >= 0.6 is 11.3 Å². The van der Waals surface area contributed by atoms with E-state index in [0.717, 1.165) is 11.1 Å². The molecule has 0 fully saturated rings. The third-order valence-corrected chi connectivity index (χ3v) is 3.36. The minimum Gasteiger partial charge on any atom is -0.426 e. The Hall–Kier alpha value is -2.34. The van der Waals surface area contributed by atoms with Gasteiger partial charge in [0.05, 0.1) is 16.8 Å². The molecular weight excluding hydrogens is 250 g/mol. The fraction of sp³-hybridized carbons (Fsp3) is 0. The number of ether oxygens (including phenoxy) is 1. The second-order valence-corrected chi connectivity index (χ2v) is 4.44. The van der Waals surface area contributed by atoms with Gasteiger partial charge in [-0.3, -0.25) is 4.79 Å². The van der Waals surface area contributed by atoms with Gasteiger partial charge in [-0.15, -0.1) is 11.3 Å². The van der Waals surface area contributed by atoms with Gasteiger partial charge in [-0.2, -0.15) is 0 Å². The zero-order valence-electron chi connectivity index (χ0n) is 9.21. The van der Waals surface area contributed by atoms with E-state index in [9.17, 15) is 4.79 Å². The quantitative estimate of drug-likeness (QED) is 0.708. The molecule has 3 aromatic rings. The summed E-state index contributed by atoms with van der Waals surface area (Å²) in [5, 5.41) is 3.78. The van der Waals surface area contributed by atoms with Crippen LogP contribution in [-0.4, -0.2) is 16.4 Å². The summed E-state index contributed by atoms with van der Waals surface area (Å²) in [5.74, 6) is 1.10. The number of para-hydroxylation sites is 1. The van der Waals surface area contributed by atoms with Crippen LogP contribution in [0, 0.1) is 0 Å². The topological polar surface area (TPSA) is 81.0 Å². The van der Waals surface area contributed by atoms with Crippen molar-refractivity contribution in [2.24, 2.45) is 0 Å². The van der Waals surface area contributed by atoms with E-state index in [4.69, 9.17) is 10.5 Å². The number of aromatic amines is 1. The number of nitrogens with zero attached hydrogens (tertiary/aromatic N) is 1. The largest absolute Gasteiger partial charge is 0.426 e. The van der Waals surface area contributed by atoms with Gasteiger partial charge >= 0.3 is 0 Å². The summed E-state index contributed by atoms with van der Waals surface area (Å²) in [6.07, 6.45) is 0. The molecule has 3 rings (SSSR count). The molecule has 3 N–H and O–H groups in total. The number of aromatic nitrogens is 2. The highest BCUT2D eigenvalue weighted by Crippen LogP contribution is 2.31. The average molecular weight is 259 g/mol. The number of fused-ring (bicyclic) bond motifs is 1. The van der Waals surface area contributed by atoms with Gasteiger partial charge in [0.15, 0.2) is 5.75 Å². The second kappa shape index (κ2) is 4.15. The van der Waals surface area contributed by atoms with Crippen molar-refractivity contribution in [1.82, 2.24) is 9.97 Å². The third-order valence-electron chi connectivity index (χ3n) is 2.60. The van der Waals surface area contributed by atoms with E-state index >= 15 is 0 Å². The Morgan fingerprint density at radius 3 is 3.00 bits per heavy atom. The van der Waals surface area contributed by atoms with E-state index in [-0.39, 0.29) is 0 Å². The van der Waals surface area contributed by atoms with Gasteiger partial charge < -0.3 is 15.5 Å². The van der Waals surface area contributed by atoms with Crippen molar-refractivity contribution < 1.29 is 9.53 Å². The number of anilines is 1. The monoisotopic (exact) mass is 259 g/mol. The molecule has 0 aliphatic heterocycles. The lowest BCUT2D eigenvalue weighted by molar-refractivity contribution is -0.120. The van der Waals surface area contributed by atoms with Crippen molar-refractivity contribution in [2.45, 2.75) is 0 Å². The smallest absolute Gasteiger partial charge is 0.298 e. The molecular formula is C12H9N3O2S. The van der Waals surface area contributed by atoms with E-state index in [1.807, 2.05) is 16.8 Å². The predicted octanol–water partition coefficient (Wildman–Crippen LogP) is 2.41. The van der Waals surface area contributed by atoms with E-state index in [2.05, 4.69) is 9.97 Å². The maximum Gasteiger partial charge on any atom is 0.298 e. The summed E-state index contributed by atoms with van der Waals surface area (Å²) in [6.45, 7) is 0.391. The normalized spacial score (nSPS) is 10.7. The number of carbonyl (C=O) groups excluding carboxylic acids is 1. The van der Waals surface area contributed by atoms with Gasteiger partial charge in [0.1, 0.15) is 11.3 Å². The molecule has 0 saturated heterocycles. The van der Waals surface area contributed by atoms with E-state index in [1.165, 1.54) is 11.3 Å². The molecule has 0 amide bonds. The number of H-pyrrole nitrogens is 1. The Balaban J connectivity index is 2.19. The number of nitrogens with two attached hydrogens (primary N) is 1. The van der Waals surface area contributed by atoms with Gasteiger partial charge in [-0.25, -0.2) is 4.98 Å². The van der Waals surface area contributed by atoms with Crippen molar-refractivity contribution in [1.29, 1.82) is 0 Å². The lowest BCUT2D eigenvalue weighted by atomic mass is 10.3. The number of hydrogen-bond donors (Lipinski definition) is 2. The highest BCUT2D eigenvalue weighted by molar-refractivity contribution is 7.08. The minimum atomic E-state index is 0.391. The molecule has 2 heterocycles. The van der Waals surface area contributed by atoms with E-state index in [0.29, 0.717) is 29.3 Å². The Morgan fingerprint density at radius 1 is 1.39 bits per heavy atom. The van der Waals surface area contributed by atoms with Gasteiger partial charge in [-0.05, 0) is 12.1 Å². The molecule has 6 heteroatoms. The SMILES string of the molecule is Nc1cscc1-c1nc2c(OC=O)cccc2[nH]1. The molecule has 0 unspecified atom stereocenters. The second-order valence-electron chi connectivity index (χ2n) is 3.69. The molecule has 5 nitrogen and oxygen atoms in total. The van der Waals surface area contributed by atoms with Gasteiger partial charge in [0, 0.05) is 10.8 Å². The number of hydrogen-bond acceptors (Lipinski definition) is 5. The molecule has 90 valence electrons. The Labute approximate surface area is 106 Å². The fourth-order valence-corrected chi connectivity index (χ4v) is 2.51. The minimum absolute atomic E-state index is 0.391. The molecule has 0 aliphatic rings. The van der Waals surface area contributed by atoms with E-state index < -0.39 is 0 Å². The molecule has 0 atom stereocenters. The van der Waals surface area contributed by atoms with Crippen LogP contribution in [0.4, 0.5) is 5.69 Å². The van der Waals surface area contributed by atoms with Crippen LogP contribution in [0.1, 0.15) is 0 Å². The van der Waals surface area contributed by atoms with Crippen molar-refractivity contribution in [3.8, 4) is 17.1 Å². The van der Waals surface area contributed by atoms with Crippen molar-refractivity contribution >= 4 is 34.5 Å². The lowest BCUT2D eigenvalue weighted by Gasteiger charge is -1.96. The van der Waals surface area contributed by atoms with Gasteiger partial charge in [0.2, 0.25) is 0 Å². The third kappa shape index (κ3) is 1.63. The Bertz CT molecular complexity index is 717. The van der Waals surface area contributed by atoms with Gasteiger partial charge in [0.25, 0.3) is 6.47 Å². The zero-order valence-corrected chi connectivity index (χ0v) is 10.0. The Morgan fingerprint density at radius 2 is 2.28 bits per heavy atom. The number of nitrogens with one attached hydrogen (secondary N) is 1. The van der Waals surface area contributed by atoms with Crippen LogP contribution in [0.15, 0.2) is 29.0 Å². The fourth-order valence-electron chi connectivity index (χ4n) is 1.78. The summed E-state index contributed by atoms with van der Waals surface area (Å²) in [7, 11) is 0. The molecule has 18 heavy (non-hydrogen) atoms. The van der Waals surface area contributed by atoms with Crippen molar-refractivity contribution in [3.05, 3.63) is 29.0 Å². The standard InChI is InChI=1S/C12H9N3O2S/c13-8-5-18-4-7(8)12-14-9-2-1-3-10(17-6-16)11(9)15-12/h1-6H,13H2,(H,14,15). The molecule has 0 bridgehead atoms. The molecule has 2 aromatic heterocycles. The average Bonchev–Trinajstić information content (AvgIpc) is 2.95. The Kier molecular flexibility index (Phi) is 2.49. The highest BCUT2D eigenvalue weighted by Gasteiger charge is 2.12. The number of thiophene rings is 1. The molecule has 0 radical (unpaired) electrons. The van der Waals surface area contributed by atoms with Crippen LogP contribution < -0.4 is 10.5 Å². The summed E-state index contributed by atoms with van der Waals surface area (Å²) in [5.41, 5.74) is 8.80. The summed E-state index contributed by atoms with van der Waals surface area (Å²) < 4.78 is 4.89. The predicted molar refractivity (Wildman–Crippen MR) is 70.5 cm³/mol. The first-order chi connectivity index (χ1) is 8.79. The number of benzene rings is 1. The van der Waals surface area contributed by atoms with Crippen LogP contribution in [-0.2, 0) is 4.79 Å². The first-order valence-electron chi connectivity index (χ1n) is 5.20. The summed E-state index contributed by atoms with van der Waals surface area (Å²) in [6, 6.07) is 5.35. The number of imidazole rings is 1. The van der Waals surface area contributed by atoms with Crippen molar-refractivity contribution in [3.63, 3.8) is 0 Å². The van der Waals surface area contributed by atoms with Crippen LogP contribution in [0.3, 0.4) is 0 Å². The van der Waals surface area contributed by atoms with Crippen LogP contribution in [0.25, 0.3) is 22.4 Å². The van der Waals surface area contributed by atoms with Crippen molar-refractivity contribution in [2.75, 3.05) is 5.73 Å². The maximum absolute atomic E-state index is 10.4. The molecule has 0 spiro atoms. The lowest BCUT2D eigenvalue weighted by Crippen LogP contribution is -1.89. The summed E-state index contributed by atoms with van der Waals surface area (Å²) in [4.78, 5) is 18.0. The van der Waals surface area contributed by atoms with Crippen LogP contribution in [0.5, 0.6) is 5.75 Å². The zero-order chi connectivity index (χ0) is 12.5. The van der Waals surface area contributed by atoms with Crippen LogP contribution in [0.2, 0.25) is 0 Å². The van der Waals surface area contributed by atoms with Gasteiger partial charge in [-0.1, -0.05) is 6.07 Å². The number of carbonyl (C=O) groups is 1. The number of rotatable bonds is 3. The molecule has 0 aliphatic carbocycles. The van der Waals surface area contributed by atoms with E-state index in [1.54, 1.807) is 12.1 Å².